The zero-order chi connectivity index (χ0) is 17.0. The summed E-state index contributed by atoms with van der Waals surface area (Å²) in [6, 6.07) is 5.01. The van der Waals surface area contributed by atoms with Gasteiger partial charge in [-0.2, -0.15) is 13.2 Å². The maximum atomic E-state index is 11.9. The number of fused-ring (bicyclic) bond motifs is 1. The summed E-state index contributed by atoms with van der Waals surface area (Å²) in [7, 11) is 0. The van der Waals surface area contributed by atoms with Crippen molar-refractivity contribution in [2.75, 3.05) is 18.5 Å². The quantitative estimate of drug-likeness (QED) is 0.871. The number of halogens is 3. The first kappa shape index (κ1) is 17.3. The van der Waals surface area contributed by atoms with Crippen LogP contribution in [0.2, 0.25) is 0 Å². The first-order chi connectivity index (χ1) is 10.7. The molecule has 1 atom stereocenters. The van der Waals surface area contributed by atoms with Crippen molar-refractivity contribution in [2.24, 2.45) is 0 Å². The van der Waals surface area contributed by atoms with Gasteiger partial charge < -0.3 is 15.4 Å². The lowest BCUT2D eigenvalue weighted by atomic mass is 9.98. The summed E-state index contributed by atoms with van der Waals surface area (Å²) in [6.07, 6.45) is -3.43. The second kappa shape index (κ2) is 6.99. The molecule has 0 aliphatic carbocycles. The fraction of sp³-hybridized carbons (Fsp3) is 0.467. The SMILES string of the molecule is C[C@H](NC(=O)COCC(F)(F)F)c1ccc2c(c1)CCC(=O)N2. The third-order valence-electron chi connectivity index (χ3n) is 3.40. The molecule has 1 heterocycles. The number of rotatable bonds is 5. The van der Waals surface area contributed by atoms with Crippen LogP contribution in [0.25, 0.3) is 0 Å². The van der Waals surface area contributed by atoms with Gasteiger partial charge in [0.1, 0.15) is 13.2 Å². The number of amides is 2. The minimum atomic E-state index is -4.45. The predicted molar refractivity (Wildman–Crippen MR) is 76.8 cm³/mol. The van der Waals surface area contributed by atoms with Gasteiger partial charge in [0.05, 0.1) is 6.04 Å². The van der Waals surface area contributed by atoms with Crippen molar-refractivity contribution in [1.82, 2.24) is 5.32 Å². The molecule has 0 aromatic heterocycles. The second-order valence-electron chi connectivity index (χ2n) is 5.36. The molecule has 0 spiro atoms. The first-order valence-electron chi connectivity index (χ1n) is 7.11. The number of nitrogens with one attached hydrogen (secondary N) is 2. The molecule has 0 bridgehead atoms. The van der Waals surface area contributed by atoms with E-state index in [1.54, 1.807) is 19.1 Å². The Morgan fingerprint density at radius 2 is 2.13 bits per heavy atom. The van der Waals surface area contributed by atoms with Gasteiger partial charge in [-0.15, -0.1) is 0 Å². The normalized spacial score (nSPS) is 15.6. The lowest BCUT2D eigenvalue weighted by Gasteiger charge is -2.20. The van der Waals surface area contributed by atoms with E-state index in [1.807, 2.05) is 6.07 Å². The third-order valence-corrected chi connectivity index (χ3v) is 3.40. The van der Waals surface area contributed by atoms with Gasteiger partial charge >= 0.3 is 6.18 Å². The van der Waals surface area contributed by atoms with E-state index < -0.39 is 25.3 Å². The largest absolute Gasteiger partial charge is 0.411 e. The molecule has 126 valence electrons. The summed E-state index contributed by atoms with van der Waals surface area (Å²) in [4.78, 5) is 22.9. The van der Waals surface area contributed by atoms with Crippen molar-refractivity contribution in [3.8, 4) is 0 Å². The maximum Gasteiger partial charge on any atom is 0.411 e. The molecule has 2 rings (SSSR count). The number of hydrogen-bond acceptors (Lipinski definition) is 3. The molecule has 1 aromatic rings. The molecule has 2 amide bonds. The monoisotopic (exact) mass is 330 g/mol. The molecule has 0 saturated carbocycles. The fourth-order valence-electron chi connectivity index (χ4n) is 2.30. The van der Waals surface area contributed by atoms with E-state index >= 15 is 0 Å². The topological polar surface area (TPSA) is 67.4 Å². The minimum absolute atomic E-state index is 0.0339. The number of benzene rings is 1. The van der Waals surface area contributed by atoms with Gasteiger partial charge in [0.2, 0.25) is 11.8 Å². The van der Waals surface area contributed by atoms with Crippen molar-refractivity contribution in [2.45, 2.75) is 32.0 Å². The van der Waals surface area contributed by atoms with Crippen LogP contribution >= 0.6 is 0 Å². The average Bonchev–Trinajstić information content (AvgIpc) is 2.45. The molecular formula is C15H17F3N2O3. The van der Waals surface area contributed by atoms with Crippen molar-refractivity contribution in [3.05, 3.63) is 29.3 Å². The first-order valence-corrected chi connectivity index (χ1v) is 7.11. The smallest absolute Gasteiger partial charge is 0.362 e. The number of anilines is 1. The van der Waals surface area contributed by atoms with E-state index in [1.165, 1.54) is 0 Å². The number of carbonyl (C=O) groups is 2. The molecule has 0 saturated heterocycles. The second-order valence-corrected chi connectivity index (χ2v) is 5.36. The van der Waals surface area contributed by atoms with Crippen molar-refractivity contribution in [3.63, 3.8) is 0 Å². The highest BCUT2D eigenvalue weighted by Crippen LogP contribution is 2.26. The average molecular weight is 330 g/mol. The van der Waals surface area contributed by atoms with Crippen LogP contribution in [-0.4, -0.2) is 31.2 Å². The zero-order valence-corrected chi connectivity index (χ0v) is 12.5. The molecule has 0 fully saturated rings. The van der Waals surface area contributed by atoms with Gasteiger partial charge in [-0.3, -0.25) is 9.59 Å². The van der Waals surface area contributed by atoms with Crippen molar-refractivity contribution < 1.29 is 27.5 Å². The third kappa shape index (κ3) is 5.24. The van der Waals surface area contributed by atoms with Gasteiger partial charge in [0.15, 0.2) is 0 Å². The summed E-state index contributed by atoms with van der Waals surface area (Å²) >= 11 is 0. The Balaban J connectivity index is 1.89. The Morgan fingerprint density at radius 3 is 2.83 bits per heavy atom. The van der Waals surface area contributed by atoms with E-state index in [0.29, 0.717) is 12.8 Å². The van der Waals surface area contributed by atoms with Crippen LogP contribution in [0.1, 0.15) is 30.5 Å². The summed E-state index contributed by atoms with van der Waals surface area (Å²) in [5.41, 5.74) is 2.53. The van der Waals surface area contributed by atoms with Gasteiger partial charge in [0, 0.05) is 12.1 Å². The van der Waals surface area contributed by atoms with Gasteiger partial charge in [-0.25, -0.2) is 0 Å². The Labute approximate surface area is 131 Å². The van der Waals surface area contributed by atoms with Crippen LogP contribution in [0.5, 0.6) is 0 Å². The number of aryl methyl sites for hydroxylation is 1. The Hall–Kier alpha value is -2.09. The zero-order valence-electron chi connectivity index (χ0n) is 12.5. The molecule has 1 aliphatic rings. The minimum Gasteiger partial charge on any atom is -0.362 e. The van der Waals surface area contributed by atoms with Crippen LogP contribution in [0.4, 0.5) is 18.9 Å². The Kier molecular flexibility index (Phi) is 5.25. The maximum absolute atomic E-state index is 11.9. The number of hydrogen-bond donors (Lipinski definition) is 2. The Morgan fingerprint density at radius 1 is 1.39 bits per heavy atom. The lowest BCUT2D eigenvalue weighted by Crippen LogP contribution is -2.32. The molecule has 23 heavy (non-hydrogen) atoms. The van der Waals surface area contributed by atoms with Gasteiger partial charge in [-0.1, -0.05) is 12.1 Å². The number of alkyl halides is 3. The van der Waals surface area contributed by atoms with Crippen LogP contribution in [0.3, 0.4) is 0 Å². The molecule has 5 nitrogen and oxygen atoms in total. The number of carbonyl (C=O) groups excluding carboxylic acids is 2. The molecule has 0 radical (unpaired) electrons. The molecule has 8 heteroatoms. The van der Waals surface area contributed by atoms with Crippen molar-refractivity contribution in [1.29, 1.82) is 0 Å². The Bertz CT molecular complexity index is 602. The van der Waals surface area contributed by atoms with Crippen LogP contribution in [-0.2, 0) is 20.7 Å². The van der Waals surface area contributed by atoms with Crippen molar-refractivity contribution >= 4 is 17.5 Å². The van der Waals surface area contributed by atoms with Crippen LogP contribution in [0, 0.1) is 0 Å². The van der Waals surface area contributed by atoms with E-state index in [2.05, 4.69) is 15.4 Å². The summed E-state index contributed by atoms with van der Waals surface area (Å²) in [5.74, 6) is -0.652. The molecule has 1 aromatic carbocycles. The van der Waals surface area contributed by atoms with Gasteiger partial charge in [0.25, 0.3) is 0 Å². The fourth-order valence-corrected chi connectivity index (χ4v) is 2.30. The van der Waals surface area contributed by atoms with Crippen LogP contribution in [0.15, 0.2) is 18.2 Å². The van der Waals surface area contributed by atoms with E-state index in [4.69, 9.17) is 0 Å². The highest BCUT2D eigenvalue weighted by atomic mass is 19.4. The van der Waals surface area contributed by atoms with E-state index in [-0.39, 0.29) is 11.9 Å². The van der Waals surface area contributed by atoms with Crippen LogP contribution < -0.4 is 10.6 Å². The van der Waals surface area contributed by atoms with Gasteiger partial charge in [-0.05, 0) is 30.5 Å². The summed E-state index contributed by atoms with van der Waals surface area (Å²) in [6.45, 7) is -0.372. The molecule has 2 N–H and O–H groups in total. The summed E-state index contributed by atoms with van der Waals surface area (Å²) in [5, 5.41) is 5.34. The van der Waals surface area contributed by atoms with E-state index in [9.17, 15) is 22.8 Å². The number of ether oxygens (including phenoxy) is 1. The predicted octanol–water partition coefficient (Wildman–Crippen LogP) is 2.33. The molecular weight excluding hydrogens is 313 g/mol. The standard InChI is InChI=1S/C15H17F3N2O3/c1-9(19-14(22)7-23-8-15(16,17)18)10-2-4-12-11(6-10)3-5-13(21)20-12/h2,4,6,9H,3,5,7-8H2,1H3,(H,19,22)(H,20,21)/t9-/m0/s1. The lowest BCUT2D eigenvalue weighted by molar-refractivity contribution is -0.175. The molecule has 0 unspecified atom stereocenters. The summed E-state index contributed by atoms with van der Waals surface area (Å²) < 4.78 is 40.1. The van der Waals surface area contributed by atoms with E-state index in [0.717, 1.165) is 16.8 Å². The highest BCUT2D eigenvalue weighted by molar-refractivity contribution is 5.93. The highest BCUT2D eigenvalue weighted by Gasteiger charge is 2.28. The molecule has 1 aliphatic heterocycles.